The van der Waals surface area contributed by atoms with E-state index in [1.165, 1.54) is 0 Å². The number of hydrogen-bond donors (Lipinski definition) is 3. The van der Waals surface area contributed by atoms with Gasteiger partial charge in [-0.1, -0.05) is 42.5 Å². The molecule has 0 bridgehead atoms. The lowest BCUT2D eigenvalue weighted by molar-refractivity contribution is 0.0951. The van der Waals surface area contributed by atoms with Crippen molar-refractivity contribution in [2.24, 2.45) is 0 Å². The average molecular weight is 479 g/mol. The van der Waals surface area contributed by atoms with Gasteiger partial charge in [-0.15, -0.1) is 0 Å². The third kappa shape index (κ3) is 5.58. The van der Waals surface area contributed by atoms with Gasteiger partial charge in [0.15, 0.2) is 0 Å². The number of carbonyl (C=O) groups is 1. The van der Waals surface area contributed by atoms with E-state index in [-0.39, 0.29) is 10.8 Å². The maximum atomic E-state index is 13.4. The average Bonchev–Trinajstić information content (AvgIpc) is 2.85. The first-order valence-electron chi connectivity index (χ1n) is 11.4. The van der Waals surface area contributed by atoms with Crippen molar-refractivity contribution < 1.29 is 13.2 Å². The van der Waals surface area contributed by atoms with Crippen LogP contribution in [0.4, 0.5) is 11.4 Å². The van der Waals surface area contributed by atoms with Crippen molar-refractivity contribution in [3.63, 3.8) is 0 Å². The fraction of sp³-hybridized carbons (Fsp3) is 0.269. The zero-order valence-electron chi connectivity index (χ0n) is 19.5. The Balaban J connectivity index is 1.65. The molecule has 1 heterocycles. The molecular weight excluding hydrogens is 448 g/mol. The number of nitrogens with zero attached hydrogens (tertiary/aromatic N) is 1. The van der Waals surface area contributed by atoms with E-state index in [1.54, 1.807) is 31.2 Å². The molecule has 1 aliphatic rings. The number of sulfonamides is 1. The standard InChI is InChI=1S/C26H30N4O3S/c1-19-8-9-20(2)25(16-19)34(32,33)29-23-17-22(10-11-24(23)30-14-12-27-13-15-30)26(31)28-18-21-6-4-3-5-7-21/h3-11,16-17,27,29H,12-15,18H2,1-2H3,(H,28,31). The molecule has 1 amide bonds. The second kappa shape index (κ2) is 10.3. The zero-order valence-corrected chi connectivity index (χ0v) is 20.3. The Kier molecular flexibility index (Phi) is 7.19. The molecule has 3 aromatic carbocycles. The van der Waals surface area contributed by atoms with Gasteiger partial charge in [0, 0.05) is 38.3 Å². The normalized spacial score (nSPS) is 14.0. The van der Waals surface area contributed by atoms with E-state index in [4.69, 9.17) is 0 Å². The molecule has 34 heavy (non-hydrogen) atoms. The zero-order chi connectivity index (χ0) is 24.1. The Labute approximate surface area is 201 Å². The van der Waals surface area contributed by atoms with E-state index < -0.39 is 10.0 Å². The van der Waals surface area contributed by atoms with Crippen LogP contribution in [0.15, 0.2) is 71.6 Å². The van der Waals surface area contributed by atoms with Crippen molar-refractivity contribution in [1.82, 2.24) is 10.6 Å². The van der Waals surface area contributed by atoms with Crippen LogP contribution in [-0.2, 0) is 16.6 Å². The third-order valence-corrected chi connectivity index (χ3v) is 7.40. The molecule has 0 unspecified atom stereocenters. The lowest BCUT2D eigenvalue weighted by atomic mass is 10.1. The molecule has 1 saturated heterocycles. The van der Waals surface area contributed by atoms with E-state index in [0.717, 1.165) is 43.0 Å². The van der Waals surface area contributed by atoms with Gasteiger partial charge in [-0.3, -0.25) is 9.52 Å². The largest absolute Gasteiger partial charge is 0.367 e. The summed E-state index contributed by atoms with van der Waals surface area (Å²) in [5, 5.41) is 6.22. The summed E-state index contributed by atoms with van der Waals surface area (Å²) < 4.78 is 29.5. The summed E-state index contributed by atoms with van der Waals surface area (Å²) in [4.78, 5) is 15.2. The molecule has 0 atom stereocenters. The fourth-order valence-corrected chi connectivity index (χ4v) is 5.41. The maximum absolute atomic E-state index is 13.4. The smallest absolute Gasteiger partial charge is 0.262 e. The van der Waals surface area contributed by atoms with Gasteiger partial charge in [0.25, 0.3) is 15.9 Å². The predicted octanol–water partition coefficient (Wildman–Crippen LogP) is 3.44. The summed E-state index contributed by atoms with van der Waals surface area (Å²) >= 11 is 0. The van der Waals surface area contributed by atoms with E-state index in [9.17, 15) is 13.2 Å². The van der Waals surface area contributed by atoms with Crippen LogP contribution in [0.1, 0.15) is 27.0 Å². The van der Waals surface area contributed by atoms with E-state index in [0.29, 0.717) is 23.4 Å². The topological polar surface area (TPSA) is 90.5 Å². The number of anilines is 2. The predicted molar refractivity (Wildman–Crippen MR) is 136 cm³/mol. The highest BCUT2D eigenvalue weighted by molar-refractivity contribution is 7.92. The summed E-state index contributed by atoms with van der Waals surface area (Å²) in [7, 11) is -3.85. The maximum Gasteiger partial charge on any atom is 0.262 e. The Morgan fingerprint density at radius 2 is 1.71 bits per heavy atom. The van der Waals surface area contributed by atoms with Gasteiger partial charge in [0.05, 0.1) is 16.3 Å². The molecule has 3 N–H and O–H groups in total. The number of aryl methyl sites for hydroxylation is 2. The van der Waals surface area contributed by atoms with Gasteiger partial charge in [0.2, 0.25) is 0 Å². The van der Waals surface area contributed by atoms with Gasteiger partial charge >= 0.3 is 0 Å². The lowest BCUT2D eigenvalue weighted by Gasteiger charge is -2.31. The van der Waals surface area contributed by atoms with Crippen LogP contribution in [0.25, 0.3) is 0 Å². The molecule has 7 nitrogen and oxygen atoms in total. The van der Waals surface area contributed by atoms with E-state index in [2.05, 4.69) is 20.3 Å². The molecule has 0 aliphatic carbocycles. The monoisotopic (exact) mass is 478 g/mol. The van der Waals surface area contributed by atoms with Crippen molar-refractivity contribution >= 4 is 27.3 Å². The number of carbonyl (C=O) groups excluding carboxylic acids is 1. The summed E-state index contributed by atoms with van der Waals surface area (Å²) in [5.41, 5.74) is 4.07. The van der Waals surface area contributed by atoms with Crippen LogP contribution >= 0.6 is 0 Å². The third-order valence-electron chi connectivity index (χ3n) is 5.89. The molecule has 4 rings (SSSR count). The van der Waals surface area contributed by atoms with Gasteiger partial charge in [-0.25, -0.2) is 8.42 Å². The van der Waals surface area contributed by atoms with Crippen LogP contribution in [0, 0.1) is 13.8 Å². The summed E-state index contributed by atoms with van der Waals surface area (Å²) in [6.07, 6.45) is 0. The van der Waals surface area contributed by atoms with E-state index in [1.807, 2.05) is 49.4 Å². The molecular formula is C26H30N4O3S. The van der Waals surface area contributed by atoms with E-state index >= 15 is 0 Å². The van der Waals surface area contributed by atoms with Crippen LogP contribution in [-0.4, -0.2) is 40.5 Å². The minimum atomic E-state index is -3.85. The minimum absolute atomic E-state index is 0.234. The minimum Gasteiger partial charge on any atom is -0.367 e. The highest BCUT2D eigenvalue weighted by atomic mass is 32.2. The quantitative estimate of drug-likeness (QED) is 0.484. The van der Waals surface area contributed by atoms with Crippen LogP contribution in [0.2, 0.25) is 0 Å². The molecule has 8 heteroatoms. The number of nitrogens with one attached hydrogen (secondary N) is 3. The number of rotatable bonds is 7. The number of hydrogen-bond acceptors (Lipinski definition) is 5. The first-order valence-corrected chi connectivity index (χ1v) is 12.8. The Morgan fingerprint density at radius 1 is 0.971 bits per heavy atom. The summed E-state index contributed by atoms with van der Waals surface area (Å²) in [5.74, 6) is -0.261. The Bertz CT molecular complexity index is 1270. The van der Waals surface area contributed by atoms with Gasteiger partial charge in [-0.05, 0) is 54.8 Å². The molecule has 178 valence electrons. The molecule has 3 aromatic rings. The summed E-state index contributed by atoms with van der Waals surface area (Å²) in [6.45, 7) is 7.14. The number of amides is 1. The SMILES string of the molecule is Cc1ccc(C)c(S(=O)(=O)Nc2cc(C(=O)NCc3ccccc3)ccc2N2CCNCC2)c1. The molecule has 0 aromatic heterocycles. The second-order valence-electron chi connectivity index (χ2n) is 8.51. The van der Waals surface area contributed by atoms with Gasteiger partial charge < -0.3 is 15.5 Å². The summed E-state index contributed by atoms with van der Waals surface area (Å²) in [6, 6.07) is 20.2. The van der Waals surface area contributed by atoms with Crippen LogP contribution in [0.3, 0.4) is 0 Å². The first kappa shape index (κ1) is 23.8. The molecule has 0 spiro atoms. The van der Waals surface area contributed by atoms with Crippen LogP contribution < -0.4 is 20.3 Å². The highest BCUT2D eigenvalue weighted by Crippen LogP contribution is 2.31. The molecule has 1 fully saturated rings. The highest BCUT2D eigenvalue weighted by Gasteiger charge is 2.22. The fourth-order valence-electron chi connectivity index (χ4n) is 4.02. The van der Waals surface area contributed by atoms with Crippen molar-refractivity contribution in [1.29, 1.82) is 0 Å². The molecule has 0 saturated carbocycles. The first-order chi connectivity index (χ1) is 16.3. The molecule has 1 aliphatic heterocycles. The number of benzene rings is 3. The van der Waals surface area contributed by atoms with Crippen molar-refractivity contribution in [3.8, 4) is 0 Å². The van der Waals surface area contributed by atoms with Gasteiger partial charge in [-0.2, -0.15) is 0 Å². The van der Waals surface area contributed by atoms with Crippen molar-refractivity contribution in [2.75, 3.05) is 35.8 Å². The molecule has 0 radical (unpaired) electrons. The van der Waals surface area contributed by atoms with Crippen molar-refractivity contribution in [2.45, 2.75) is 25.3 Å². The van der Waals surface area contributed by atoms with Crippen LogP contribution in [0.5, 0.6) is 0 Å². The number of piperazine rings is 1. The lowest BCUT2D eigenvalue weighted by Crippen LogP contribution is -2.43. The second-order valence-corrected chi connectivity index (χ2v) is 10.2. The Morgan fingerprint density at radius 3 is 2.44 bits per heavy atom. The van der Waals surface area contributed by atoms with Gasteiger partial charge in [0.1, 0.15) is 0 Å². The van der Waals surface area contributed by atoms with Crippen molar-refractivity contribution in [3.05, 3.63) is 89.0 Å². The Hall–Kier alpha value is -3.36.